The molecule has 0 N–H and O–H groups in total. The van der Waals surface area contributed by atoms with Gasteiger partial charge in [-0.05, 0) is 35.4 Å². The molecule has 0 radical (unpaired) electrons. The second-order valence-corrected chi connectivity index (χ2v) is 7.26. The first-order chi connectivity index (χ1) is 13.6. The lowest BCUT2D eigenvalue weighted by Crippen LogP contribution is -2.43. The maximum absolute atomic E-state index is 13.2. The molecule has 0 atom stereocenters. The molecule has 0 aliphatic carbocycles. The van der Waals surface area contributed by atoms with E-state index in [0.717, 1.165) is 10.0 Å². The van der Waals surface area contributed by atoms with Crippen molar-refractivity contribution in [1.82, 2.24) is 4.40 Å². The second kappa shape index (κ2) is 7.82. The van der Waals surface area contributed by atoms with Crippen LogP contribution in [0.5, 0.6) is 5.88 Å². The molecule has 4 aromatic rings. The molecular weight excluding hydrogens is 416 g/mol. The third kappa shape index (κ3) is 3.49. The van der Waals surface area contributed by atoms with Crippen molar-refractivity contribution < 1.29 is 9.67 Å². The van der Waals surface area contributed by atoms with Crippen molar-refractivity contribution in [2.75, 3.05) is 0 Å². The number of hydrogen-bond acceptors (Lipinski definition) is 2. The molecule has 0 bridgehead atoms. The minimum absolute atomic E-state index is 0.182. The highest BCUT2D eigenvalue weighted by Crippen LogP contribution is 2.21. The number of nitrogens with zero attached hydrogens (tertiary/aromatic N) is 2. The molecule has 2 aromatic carbocycles. The van der Waals surface area contributed by atoms with Crippen molar-refractivity contribution >= 4 is 27.7 Å². The number of aromatic nitrogens is 2. The van der Waals surface area contributed by atoms with Crippen molar-refractivity contribution in [3.05, 3.63) is 105 Å². The summed E-state index contributed by atoms with van der Waals surface area (Å²) in [5.41, 5.74) is 2.11. The van der Waals surface area contributed by atoms with Crippen LogP contribution >= 0.6 is 15.9 Å². The van der Waals surface area contributed by atoms with Gasteiger partial charge in [0.05, 0.1) is 12.1 Å². The molecule has 4 nitrogen and oxygen atoms in total. The van der Waals surface area contributed by atoms with Crippen molar-refractivity contribution in [2.45, 2.75) is 6.54 Å². The molecular formula is C23H17BrN2O2. The lowest BCUT2D eigenvalue weighted by atomic mass is 10.1. The highest BCUT2D eigenvalue weighted by atomic mass is 79.9. The number of benzene rings is 2. The molecule has 0 aliphatic heterocycles. The summed E-state index contributed by atoms with van der Waals surface area (Å²) in [5.74, 6) is -0.289. The molecule has 0 spiro atoms. The van der Waals surface area contributed by atoms with Crippen LogP contribution in [-0.2, 0) is 6.54 Å². The zero-order valence-electron chi connectivity index (χ0n) is 15.0. The zero-order chi connectivity index (χ0) is 19.5. The van der Waals surface area contributed by atoms with Crippen molar-refractivity contribution in [3.63, 3.8) is 0 Å². The van der Waals surface area contributed by atoms with Gasteiger partial charge in [-0.2, -0.15) is 4.40 Å². The standard InChI is InChI=1S/C23H17BrN2O2/c24-19-13-11-17(12-14-19)7-6-16-26-20-10-4-5-15-25(20)22(27)21(23(26)28)18-8-2-1-3-9-18/h1-15H,16H2/b7-6+. The number of fused-ring (bicyclic) bond motifs is 1. The fourth-order valence-corrected chi connectivity index (χ4v) is 3.44. The Morgan fingerprint density at radius 1 is 0.964 bits per heavy atom. The molecule has 2 aromatic heterocycles. The molecule has 4 rings (SSSR count). The number of allylic oxidation sites excluding steroid dienone is 1. The summed E-state index contributed by atoms with van der Waals surface area (Å²) in [7, 11) is 0. The van der Waals surface area contributed by atoms with Gasteiger partial charge in [0.2, 0.25) is 0 Å². The van der Waals surface area contributed by atoms with Gasteiger partial charge in [-0.1, -0.05) is 70.5 Å². The summed E-state index contributed by atoms with van der Waals surface area (Å²) >= 11 is 3.42. The number of rotatable bonds is 4. The van der Waals surface area contributed by atoms with Crippen LogP contribution in [-0.4, -0.2) is 4.40 Å². The van der Waals surface area contributed by atoms with Gasteiger partial charge < -0.3 is 5.11 Å². The zero-order valence-corrected chi connectivity index (χ0v) is 16.5. The van der Waals surface area contributed by atoms with Gasteiger partial charge in [-0.3, -0.25) is 0 Å². The predicted molar refractivity (Wildman–Crippen MR) is 112 cm³/mol. The quantitative estimate of drug-likeness (QED) is 0.460. The molecule has 0 fully saturated rings. The van der Waals surface area contributed by atoms with Gasteiger partial charge in [0.1, 0.15) is 12.1 Å². The van der Waals surface area contributed by atoms with Crippen molar-refractivity contribution in [2.24, 2.45) is 0 Å². The normalized spacial score (nSPS) is 11.3. The van der Waals surface area contributed by atoms with Crippen LogP contribution in [0.15, 0.2) is 94.3 Å². The smallest absolute Gasteiger partial charge is 0.349 e. The Bertz CT molecular complexity index is 1210. The van der Waals surface area contributed by atoms with Gasteiger partial charge >= 0.3 is 5.56 Å². The average Bonchev–Trinajstić information content (AvgIpc) is 2.73. The SMILES string of the molecule is O=c1c(-c2ccccc2)c([O-])[n+](C/C=C/c2ccc(Br)cc2)c2ccccn12. The van der Waals surface area contributed by atoms with E-state index in [-0.39, 0.29) is 17.0 Å². The first-order valence-electron chi connectivity index (χ1n) is 8.87. The fraction of sp³-hybridized carbons (Fsp3) is 0.0435. The van der Waals surface area contributed by atoms with E-state index in [1.807, 2.05) is 60.7 Å². The number of halogens is 1. The first kappa shape index (κ1) is 18.2. The van der Waals surface area contributed by atoms with Gasteiger partial charge in [-0.15, -0.1) is 0 Å². The maximum Gasteiger partial charge on any atom is 0.349 e. The Labute approximate surface area is 170 Å². The molecule has 0 aliphatic rings. The first-order valence-corrected chi connectivity index (χ1v) is 9.66. The molecule has 0 amide bonds. The van der Waals surface area contributed by atoms with Crippen LogP contribution in [0.25, 0.3) is 22.9 Å². The summed E-state index contributed by atoms with van der Waals surface area (Å²) in [6, 6.07) is 22.4. The summed E-state index contributed by atoms with van der Waals surface area (Å²) in [6.45, 7) is 0.364. The third-order valence-electron chi connectivity index (χ3n) is 4.54. The van der Waals surface area contributed by atoms with Crippen molar-refractivity contribution in [3.8, 4) is 17.0 Å². The van der Waals surface area contributed by atoms with Crippen LogP contribution in [0.3, 0.4) is 0 Å². The van der Waals surface area contributed by atoms with E-state index in [1.165, 1.54) is 4.40 Å². The van der Waals surface area contributed by atoms with Gasteiger partial charge in [0, 0.05) is 10.5 Å². The maximum atomic E-state index is 13.2. The van der Waals surface area contributed by atoms with E-state index in [0.29, 0.717) is 17.8 Å². The summed E-state index contributed by atoms with van der Waals surface area (Å²) in [4.78, 5) is 13.0. The topological polar surface area (TPSA) is 48.4 Å². The molecule has 28 heavy (non-hydrogen) atoms. The Kier molecular flexibility index (Phi) is 5.08. The predicted octanol–water partition coefficient (Wildman–Crippen LogP) is 3.80. The summed E-state index contributed by atoms with van der Waals surface area (Å²) in [5, 5.41) is 13.2. The minimum Gasteiger partial charge on any atom is -0.842 e. The molecule has 0 saturated heterocycles. The van der Waals surface area contributed by atoms with E-state index in [9.17, 15) is 9.90 Å². The van der Waals surface area contributed by atoms with Crippen LogP contribution in [0.4, 0.5) is 0 Å². The van der Waals surface area contributed by atoms with Crippen LogP contribution in [0.2, 0.25) is 0 Å². The minimum atomic E-state index is -0.306. The van der Waals surface area contributed by atoms with Gasteiger partial charge in [-0.25, -0.2) is 9.36 Å². The molecule has 5 heteroatoms. The fourth-order valence-electron chi connectivity index (χ4n) is 3.17. The monoisotopic (exact) mass is 432 g/mol. The lowest BCUT2D eigenvalue weighted by molar-refractivity contribution is -0.706. The molecule has 0 unspecified atom stereocenters. The van der Waals surface area contributed by atoms with E-state index >= 15 is 0 Å². The number of hydrogen-bond donors (Lipinski definition) is 0. The Morgan fingerprint density at radius 2 is 1.68 bits per heavy atom. The van der Waals surface area contributed by atoms with E-state index in [1.54, 1.807) is 35.0 Å². The molecule has 0 saturated carbocycles. The van der Waals surface area contributed by atoms with Gasteiger partial charge in [0.25, 0.3) is 5.65 Å². The summed E-state index contributed by atoms with van der Waals surface area (Å²) in [6.07, 6.45) is 5.58. The van der Waals surface area contributed by atoms with Crippen LogP contribution in [0.1, 0.15) is 5.56 Å². The van der Waals surface area contributed by atoms with Gasteiger partial charge in [0.15, 0.2) is 0 Å². The second-order valence-electron chi connectivity index (χ2n) is 6.34. The van der Waals surface area contributed by atoms with E-state index in [2.05, 4.69) is 15.9 Å². The molecule has 2 heterocycles. The Morgan fingerprint density at radius 3 is 2.43 bits per heavy atom. The van der Waals surface area contributed by atoms with E-state index < -0.39 is 0 Å². The number of pyridine rings is 1. The highest BCUT2D eigenvalue weighted by Gasteiger charge is 2.18. The highest BCUT2D eigenvalue weighted by molar-refractivity contribution is 9.10. The van der Waals surface area contributed by atoms with Crippen LogP contribution in [0, 0.1) is 0 Å². The Hall–Kier alpha value is -3.18. The molecule has 138 valence electrons. The van der Waals surface area contributed by atoms with E-state index in [4.69, 9.17) is 0 Å². The Balaban J connectivity index is 1.83. The summed E-state index contributed by atoms with van der Waals surface area (Å²) < 4.78 is 4.16. The van der Waals surface area contributed by atoms with Crippen LogP contribution < -0.4 is 15.2 Å². The largest absolute Gasteiger partial charge is 0.842 e. The third-order valence-corrected chi connectivity index (χ3v) is 5.07. The lowest BCUT2D eigenvalue weighted by Gasteiger charge is -2.16. The van der Waals surface area contributed by atoms with Crippen molar-refractivity contribution in [1.29, 1.82) is 0 Å². The average molecular weight is 433 g/mol.